The lowest BCUT2D eigenvalue weighted by Crippen LogP contribution is -2.41. The zero-order chi connectivity index (χ0) is 33.9. The molecule has 2 N–H and O–H groups in total. The summed E-state index contributed by atoms with van der Waals surface area (Å²) in [5.74, 6) is 1.81. The number of carbonyl (C=O) groups is 2. The summed E-state index contributed by atoms with van der Waals surface area (Å²) in [5, 5.41) is 5.12. The SMILES string of the molecule is CCC.CNCC(=O)N1CCCC1c1nc2c(ccc3cc4c(cc32)OCc2cc(B3OC(C)(C)C(C)(C)O3)ccc2-4)[nH]1.COC=O. The van der Waals surface area contributed by atoms with Crippen LogP contribution in [0.2, 0.25) is 0 Å². The molecular weight excluding hydrogens is 595 g/mol. The van der Waals surface area contributed by atoms with Crippen molar-refractivity contribution in [2.45, 2.75) is 84.7 Å². The molecular formula is C36H47BN4O6. The first-order valence-corrected chi connectivity index (χ1v) is 16.5. The van der Waals surface area contributed by atoms with Crippen molar-refractivity contribution < 1.29 is 28.4 Å². The summed E-state index contributed by atoms with van der Waals surface area (Å²) in [6, 6.07) is 14.9. The van der Waals surface area contributed by atoms with Gasteiger partial charge in [-0.3, -0.25) is 9.59 Å². The Labute approximate surface area is 277 Å². The quantitative estimate of drug-likeness (QED) is 0.212. The number of hydrogen-bond acceptors (Lipinski definition) is 8. The van der Waals surface area contributed by atoms with Crippen molar-refractivity contribution in [2.24, 2.45) is 0 Å². The maximum atomic E-state index is 12.7. The maximum absolute atomic E-state index is 12.7. The normalized spacial score (nSPS) is 18.8. The zero-order valence-electron chi connectivity index (χ0n) is 28.9. The topological polar surface area (TPSA) is 115 Å². The molecule has 1 amide bonds. The molecule has 11 heteroatoms. The first kappa shape index (κ1) is 34.4. The monoisotopic (exact) mass is 642 g/mol. The van der Waals surface area contributed by atoms with Crippen LogP contribution in [0, 0.1) is 0 Å². The summed E-state index contributed by atoms with van der Waals surface area (Å²) in [7, 11) is 2.71. The van der Waals surface area contributed by atoms with E-state index in [1.165, 1.54) is 13.5 Å². The smallest absolute Gasteiger partial charge is 0.488 e. The second kappa shape index (κ2) is 14.1. The van der Waals surface area contributed by atoms with Gasteiger partial charge in [-0.1, -0.05) is 44.5 Å². The van der Waals surface area contributed by atoms with E-state index in [1.54, 1.807) is 7.05 Å². The molecule has 0 aliphatic carbocycles. The van der Waals surface area contributed by atoms with Gasteiger partial charge in [0, 0.05) is 17.5 Å². The van der Waals surface area contributed by atoms with Crippen molar-refractivity contribution in [2.75, 3.05) is 27.2 Å². The average Bonchev–Trinajstić information content (AvgIpc) is 3.76. The molecule has 3 aliphatic rings. The number of ether oxygens (including phenoxy) is 2. The number of rotatable bonds is 5. The van der Waals surface area contributed by atoms with Crippen molar-refractivity contribution in [1.29, 1.82) is 0 Å². The van der Waals surface area contributed by atoms with Crippen LogP contribution >= 0.6 is 0 Å². The highest BCUT2D eigenvalue weighted by atomic mass is 16.7. The summed E-state index contributed by atoms with van der Waals surface area (Å²) in [6.45, 7) is 14.5. The molecule has 0 saturated carbocycles. The number of imidazole rings is 1. The predicted octanol–water partition coefficient (Wildman–Crippen LogP) is 5.66. The van der Waals surface area contributed by atoms with Gasteiger partial charge in [0.25, 0.3) is 6.47 Å². The number of carbonyl (C=O) groups excluding carboxylic acids is 2. The summed E-state index contributed by atoms with van der Waals surface area (Å²) < 4.78 is 22.7. The van der Waals surface area contributed by atoms with Crippen molar-refractivity contribution >= 4 is 46.8 Å². The van der Waals surface area contributed by atoms with Crippen LogP contribution in [0.3, 0.4) is 0 Å². The minimum atomic E-state index is -0.403. The first-order valence-electron chi connectivity index (χ1n) is 16.5. The second-order valence-electron chi connectivity index (χ2n) is 13.3. The molecule has 3 aliphatic heterocycles. The largest absolute Gasteiger partial charge is 0.494 e. The number of H-pyrrole nitrogens is 1. The molecule has 10 nitrogen and oxygen atoms in total. The van der Waals surface area contributed by atoms with Crippen LogP contribution in [0.25, 0.3) is 32.9 Å². The molecule has 0 spiro atoms. The number of fused-ring (bicyclic) bond motifs is 6. The van der Waals surface area contributed by atoms with Crippen LogP contribution in [0.15, 0.2) is 42.5 Å². The van der Waals surface area contributed by atoms with Crippen molar-refractivity contribution in [1.82, 2.24) is 20.2 Å². The average molecular weight is 643 g/mol. The number of likely N-dealkylation sites (tertiary alicyclic amines) is 1. The van der Waals surface area contributed by atoms with Gasteiger partial charge in [0.1, 0.15) is 18.2 Å². The van der Waals surface area contributed by atoms with Crippen LogP contribution in [-0.2, 0) is 30.2 Å². The van der Waals surface area contributed by atoms with E-state index in [0.717, 1.165) is 74.9 Å². The van der Waals surface area contributed by atoms with Gasteiger partial charge in [0.05, 0.1) is 41.9 Å². The Kier molecular flexibility index (Phi) is 10.3. The first-order chi connectivity index (χ1) is 22.5. The number of amides is 1. The molecule has 0 bridgehead atoms. The highest BCUT2D eigenvalue weighted by Crippen LogP contribution is 2.42. The minimum absolute atomic E-state index is 0.0257. The zero-order valence-corrected chi connectivity index (χ0v) is 28.9. The van der Waals surface area contributed by atoms with Crippen LogP contribution in [-0.4, -0.2) is 72.8 Å². The third kappa shape index (κ3) is 6.75. The Balaban J connectivity index is 0.000000568. The third-order valence-corrected chi connectivity index (χ3v) is 9.23. The number of hydrogen-bond donors (Lipinski definition) is 2. The molecule has 1 atom stereocenters. The Morgan fingerprint density at radius 2 is 1.81 bits per heavy atom. The van der Waals surface area contributed by atoms with E-state index in [-0.39, 0.29) is 23.2 Å². The second-order valence-corrected chi connectivity index (χ2v) is 13.3. The summed E-state index contributed by atoms with van der Waals surface area (Å²) in [4.78, 5) is 32.1. The lowest BCUT2D eigenvalue weighted by molar-refractivity contribution is -0.131. The van der Waals surface area contributed by atoms with Crippen molar-refractivity contribution in [3.8, 4) is 16.9 Å². The van der Waals surface area contributed by atoms with E-state index >= 15 is 0 Å². The Hall–Kier alpha value is -3.93. The predicted molar refractivity (Wildman–Crippen MR) is 186 cm³/mol. The summed E-state index contributed by atoms with van der Waals surface area (Å²) in [5.41, 5.74) is 5.48. The van der Waals surface area contributed by atoms with Gasteiger partial charge in [-0.25, -0.2) is 4.98 Å². The molecule has 1 unspecified atom stereocenters. The summed E-state index contributed by atoms with van der Waals surface area (Å²) in [6.07, 6.45) is 3.14. The fourth-order valence-electron chi connectivity index (χ4n) is 6.21. The fraction of sp³-hybridized carbons (Fsp3) is 0.472. The molecule has 4 heterocycles. The van der Waals surface area contributed by atoms with Gasteiger partial charge in [-0.05, 0) is 87.8 Å². The molecule has 7 rings (SSSR count). The van der Waals surface area contributed by atoms with E-state index in [9.17, 15) is 4.79 Å². The van der Waals surface area contributed by atoms with E-state index in [1.807, 2.05) is 4.90 Å². The van der Waals surface area contributed by atoms with E-state index < -0.39 is 7.12 Å². The Morgan fingerprint density at radius 1 is 1.11 bits per heavy atom. The van der Waals surface area contributed by atoms with E-state index in [2.05, 4.69) is 99.0 Å². The van der Waals surface area contributed by atoms with Crippen LogP contribution in [0.4, 0.5) is 0 Å². The maximum Gasteiger partial charge on any atom is 0.494 e. The van der Waals surface area contributed by atoms with Gasteiger partial charge in [-0.15, -0.1) is 0 Å². The molecule has 3 aromatic carbocycles. The number of nitrogens with one attached hydrogen (secondary N) is 2. The number of likely N-dealkylation sites (N-methyl/N-ethyl adjacent to an activating group) is 1. The van der Waals surface area contributed by atoms with Crippen LogP contribution in [0.5, 0.6) is 5.75 Å². The molecule has 4 aromatic rings. The van der Waals surface area contributed by atoms with E-state index in [0.29, 0.717) is 19.6 Å². The van der Waals surface area contributed by atoms with Gasteiger partial charge in [-0.2, -0.15) is 0 Å². The van der Waals surface area contributed by atoms with Crippen molar-refractivity contribution in [3.63, 3.8) is 0 Å². The number of methoxy groups -OCH3 is 1. The molecule has 0 radical (unpaired) electrons. The molecule has 47 heavy (non-hydrogen) atoms. The van der Waals surface area contributed by atoms with Crippen LogP contribution < -0.4 is 15.5 Å². The number of benzene rings is 3. The number of nitrogens with zero attached hydrogens (tertiary/aromatic N) is 2. The highest BCUT2D eigenvalue weighted by molar-refractivity contribution is 6.62. The number of aromatic nitrogens is 2. The van der Waals surface area contributed by atoms with Crippen molar-refractivity contribution in [3.05, 3.63) is 53.9 Å². The lowest BCUT2D eigenvalue weighted by Gasteiger charge is -2.32. The lowest BCUT2D eigenvalue weighted by atomic mass is 9.77. The third-order valence-electron chi connectivity index (χ3n) is 9.23. The van der Waals surface area contributed by atoms with Gasteiger partial charge in [0.15, 0.2) is 0 Å². The van der Waals surface area contributed by atoms with Gasteiger partial charge < -0.3 is 34.0 Å². The molecule has 1 aromatic heterocycles. The van der Waals surface area contributed by atoms with Crippen LogP contribution in [0.1, 0.15) is 78.2 Å². The van der Waals surface area contributed by atoms with Gasteiger partial charge >= 0.3 is 7.12 Å². The molecule has 2 saturated heterocycles. The van der Waals surface area contributed by atoms with Gasteiger partial charge in [0.2, 0.25) is 5.91 Å². The summed E-state index contributed by atoms with van der Waals surface area (Å²) >= 11 is 0. The Morgan fingerprint density at radius 3 is 2.47 bits per heavy atom. The minimum Gasteiger partial charge on any atom is -0.488 e. The Bertz CT molecular complexity index is 1740. The number of aromatic amines is 1. The van der Waals surface area contributed by atoms with E-state index in [4.69, 9.17) is 23.8 Å². The fourth-order valence-corrected chi connectivity index (χ4v) is 6.21. The highest BCUT2D eigenvalue weighted by Gasteiger charge is 2.51. The molecule has 2 fully saturated rings. The standard InChI is InChI=1S/C31H35BN4O4.C3H8.C2H4O2/c1-30(2)31(3,4)40-32(39-30)20-9-10-21-19(13-20)17-38-26-15-22-18(14-23(21)26)8-11-24-28(22)35-29(34-24)25-7-6-12-36(25)27(37)16-33-5;1-3-2;1-4-2-3/h8-11,13-15,25,33H,6-7,12,16-17H2,1-5H3,(H,34,35);3H2,1-2H3;2H,1H3. The molecule has 250 valence electrons.